The van der Waals surface area contributed by atoms with E-state index < -0.39 is 50.0 Å². The number of hydrogen-bond donors (Lipinski definition) is 1. The lowest BCUT2D eigenvalue weighted by Gasteiger charge is -2.45. The van der Waals surface area contributed by atoms with Crippen LogP contribution in [0.4, 0.5) is 23.2 Å². The standard InChI is InChI=1S/C19H17F4NO3S/c1-28(26,27)15-6-2-4-12-10-18(22,23)19(25,16(12)15)24-7-3-5-11-8-13(20)9-14(21)17(11)24/h2,4,6,8-9,25H,3,5,7,10H2,1H3. The minimum Gasteiger partial charge on any atom is -0.362 e. The second-order valence-electron chi connectivity index (χ2n) is 7.27. The summed E-state index contributed by atoms with van der Waals surface area (Å²) in [6, 6.07) is 5.41. The van der Waals surface area contributed by atoms with E-state index in [9.17, 15) is 22.3 Å². The molecule has 0 radical (unpaired) electrons. The summed E-state index contributed by atoms with van der Waals surface area (Å²) in [5, 5.41) is 11.3. The van der Waals surface area contributed by atoms with Crippen molar-refractivity contribution in [3.8, 4) is 0 Å². The minimum absolute atomic E-state index is 0.0231. The highest BCUT2D eigenvalue weighted by molar-refractivity contribution is 7.90. The SMILES string of the molecule is CS(=O)(=O)c1cccc2c1C(O)(N1CCCc3cc(F)cc(F)c31)C(F)(F)C2. The molecule has 2 aromatic carbocycles. The van der Waals surface area contributed by atoms with Gasteiger partial charge in [0.15, 0.2) is 9.84 Å². The molecule has 0 saturated heterocycles. The van der Waals surface area contributed by atoms with Crippen LogP contribution in [0, 0.1) is 11.6 Å². The molecule has 4 nitrogen and oxygen atoms in total. The number of hydrogen-bond acceptors (Lipinski definition) is 4. The topological polar surface area (TPSA) is 57.6 Å². The van der Waals surface area contributed by atoms with E-state index in [4.69, 9.17) is 0 Å². The van der Waals surface area contributed by atoms with Gasteiger partial charge >= 0.3 is 5.92 Å². The van der Waals surface area contributed by atoms with E-state index in [2.05, 4.69) is 0 Å². The Bertz CT molecular complexity index is 1090. The predicted molar refractivity (Wildman–Crippen MR) is 94.1 cm³/mol. The second kappa shape index (κ2) is 5.93. The number of anilines is 1. The van der Waals surface area contributed by atoms with Gasteiger partial charge in [-0.2, -0.15) is 0 Å². The normalized spacial score (nSPS) is 23.4. The molecule has 0 spiro atoms. The van der Waals surface area contributed by atoms with Crippen LogP contribution in [0.25, 0.3) is 0 Å². The van der Waals surface area contributed by atoms with Crippen molar-refractivity contribution >= 4 is 15.5 Å². The number of rotatable bonds is 2. The summed E-state index contributed by atoms with van der Waals surface area (Å²) in [5.74, 6) is -5.71. The molecule has 0 aromatic heterocycles. The maximum Gasteiger partial charge on any atom is 0.303 e. The maximum absolute atomic E-state index is 15.2. The van der Waals surface area contributed by atoms with Crippen LogP contribution in [0.5, 0.6) is 0 Å². The monoisotopic (exact) mass is 415 g/mol. The Kier molecular flexibility index (Phi) is 4.07. The van der Waals surface area contributed by atoms with Crippen LogP contribution >= 0.6 is 0 Å². The molecule has 4 rings (SSSR count). The van der Waals surface area contributed by atoms with Crippen LogP contribution in [0.2, 0.25) is 0 Å². The number of halogens is 4. The second-order valence-corrected chi connectivity index (χ2v) is 9.25. The molecular weight excluding hydrogens is 398 g/mol. The number of benzene rings is 2. The molecule has 0 fully saturated rings. The lowest BCUT2D eigenvalue weighted by molar-refractivity contribution is -0.176. The molecule has 1 aliphatic heterocycles. The average Bonchev–Trinajstić information content (AvgIpc) is 2.79. The quantitative estimate of drug-likeness (QED) is 0.766. The molecule has 1 aliphatic carbocycles. The molecule has 0 bridgehead atoms. The third kappa shape index (κ3) is 2.56. The van der Waals surface area contributed by atoms with Crippen molar-refractivity contribution in [1.82, 2.24) is 0 Å². The van der Waals surface area contributed by atoms with E-state index >= 15 is 8.78 Å². The zero-order chi connectivity index (χ0) is 20.5. The largest absolute Gasteiger partial charge is 0.362 e. The molecule has 2 aliphatic rings. The summed E-state index contributed by atoms with van der Waals surface area (Å²) in [6.07, 6.45) is 0.490. The number of aryl methyl sites for hydroxylation is 1. The van der Waals surface area contributed by atoms with Gasteiger partial charge in [0, 0.05) is 30.9 Å². The fraction of sp³-hybridized carbons (Fsp3) is 0.368. The van der Waals surface area contributed by atoms with Crippen LogP contribution in [0.1, 0.15) is 23.1 Å². The number of fused-ring (bicyclic) bond motifs is 2. The Morgan fingerprint density at radius 3 is 2.54 bits per heavy atom. The first-order chi connectivity index (χ1) is 13.0. The van der Waals surface area contributed by atoms with Gasteiger partial charge in [-0.25, -0.2) is 26.0 Å². The summed E-state index contributed by atoms with van der Waals surface area (Å²) in [4.78, 5) is 0.362. The molecule has 0 amide bonds. The number of alkyl halides is 2. The number of sulfone groups is 1. The molecule has 1 heterocycles. The van der Waals surface area contributed by atoms with Gasteiger partial charge in [0.2, 0.25) is 5.72 Å². The minimum atomic E-state index is -3.96. The van der Waals surface area contributed by atoms with Crippen molar-refractivity contribution in [3.63, 3.8) is 0 Å². The Morgan fingerprint density at radius 2 is 1.86 bits per heavy atom. The van der Waals surface area contributed by atoms with Gasteiger partial charge in [0.1, 0.15) is 11.6 Å². The van der Waals surface area contributed by atoms with E-state index in [1.54, 1.807) is 0 Å². The Hall–Kier alpha value is -2.13. The van der Waals surface area contributed by atoms with Crippen LogP contribution in [0.3, 0.4) is 0 Å². The molecule has 1 N–H and O–H groups in total. The third-order valence-corrected chi connectivity index (χ3v) is 6.52. The highest BCUT2D eigenvalue weighted by atomic mass is 32.2. The van der Waals surface area contributed by atoms with E-state index in [-0.39, 0.29) is 36.2 Å². The van der Waals surface area contributed by atoms with Crippen molar-refractivity contribution < 1.29 is 31.1 Å². The smallest absolute Gasteiger partial charge is 0.303 e. The summed E-state index contributed by atoms with van der Waals surface area (Å²) >= 11 is 0. The predicted octanol–water partition coefficient (Wildman–Crippen LogP) is 3.16. The van der Waals surface area contributed by atoms with Gasteiger partial charge in [-0.05, 0) is 36.1 Å². The molecule has 9 heteroatoms. The van der Waals surface area contributed by atoms with Crippen LogP contribution in [-0.4, -0.2) is 32.2 Å². The lowest BCUT2D eigenvalue weighted by Crippen LogP contribution is -2.58. The van der Waals surface area contributed by atoms with Crippen molar-refractivity contribution in [2.45, 2.75) is 35.8 Å². The van der Waals surface area contributed by atoms with Crippen molar-refractivity contribution in [2.24, 2.45) is 0 Å². The van der Waals surface area contributed by atoms with E-state index in [1.165, 1.54) is 12.1 Å². The fourth-order valence-electron chi connectivity index (χ4n) is 4.28. The van der Waals surface area contributed by atoms with Crippen molar-refractivity contribution in [1.29, 1.82) is 0 Å². The van der Waals surface area contributed by atoms with Crippen molar-refractivity contribution in [3.05, 3.63) is 58.7 Å². The summed E-state index contributed by atoms with van der Waals surface area (Å²) in [7, 11) is -3.96. The lowest BCUT2D eigenvalue weighted by atomic mass is 9.93. The third-order valence-electron chi connectivity index (χ3n) is 5.38. The molecule has 1 unspecified atom stereocenters. The molecular formula is C19H17F4NO3S. The molecule has 150 valence electrons. The van der Waals surface area contributed by atoms with E-state index in [0.717, 1.165) is 23.3 Å². The van der Waals surface area contributed by atoms with Crippen LogP contribution in [0.15, 0.2) is 35.2 Å². The highest BCUT2D eigenvalue weighted by Gasteiger charge is 2.65. The average molecular weight is 415 g/mol. The van der Waals surface area contributed by atoms with Gasteiger partial charge in [0.25, 0.3) is 0 Å². The fourth-order valence-corrected chi connectivity index (χ4v) is 5.25. The highest BCUT2D eigenvalue weighted by Crippen LogP contribution is 2.54. The zero-order valence-electron chi connectivity index (χ0n) is 14.8. The first-order valence-electron chi connectivity index (χ1n) is 8.65. The number of nitrogens with zero attached hydrogens (tertiary/aromatic N) is 1. The van der Waals surface area contributed by atoms with Crippen LogP contribution in [-0.2, 0) is 28.4 Å². The van der Waals surface area contributed by atoms with Crippen molar-refractivity contribution in [2.75, 3.05) is 17.7 Å². The molecule has 0 saturated carbocycles. The Labute approximate surface area is 159 Å². The maximum atomic E-state index is 15.2. The van der Waals surface area contributed by atoms with Gasteiger partial charge in [0.05, 0.1) is 10.6 Å². The van der Waals surface area contributed by atoms with Crippen LogP contribution < -0.4 is 4.90 Å². The first-order valence-corrected chi connectivity index (χ1v) is 10.5. The summed E-state index contributed by atoms with van der Waals surface area (Å²) < 4.78 is 83.0. The molecule has 28 heavy (non-hydrogen) atoms. The molecule has 2 aromatic rings. The van der Waals surface area contributed by atoms with E-state index in [0.29, 0.717) is 6.07 Å². The first kappa shape index (κ1) is 19.2. The van der Waals surface area contributed by atoms with Gasteiger partial charge in [-0.15, -0.1) is 0 Å². The van der Waals surface area contributed by atoms with E-state index in [1.807, 2.05) is 0 Å². The Balaban J connectivity index is 2.03. The van der Waals surface area contributed by atoms with Gasteiger partial charge < -0.3 is 10.0 Å². The van der Waals surface area contributed by atoms with Gasteiger partial charge in [-0.3, -0.25) is 0 Å². The summed E-state index contributed by atoms with van der Waals surface area (Å²) in [6.45, 7) is -0.140. The Morgan fingerprint density at radius 1 is 1.14 bits per heavy atom. The number of aliphatic hydroxyl groups is 1. The van der Waals surface area contributed by atoms with Gasteiger partial charge in [-0.1, -0.05) is 12.1 Å². The summed E-state index contributed by atoms with van der Waals surface area (Å²) in [5.41, 5.74) is -3.72. The zero-order valence-corrected chi connectivity index (χ0v) is 15.7. The molecule has 1 atom stereocenters.